The second-order valence-corrected chi connectivity index (χ2v) is 6.38. The van der Waals surface area contributed by atoms with Gasteiger partial charge in [0.05, 0.1) is 12.2 Å². The maximum atomic E-state index is 12.4. The Morgan fingerprint density at radius 2 is 1.93 bits per heavy atom. The first-order chi connectivity index (χ1) is 12.9. The highest BCUT2D eigenvalue weighted by atomic mass is 16.5. The van der Waals surface area contributed by atoms with Crippen molar-refractivity contribution in [1.82, 2.24) is 9.78 Å². The van der Waals surface area contributed by atoms with Gasteiger partial charge in [0.1, 0.15) is 24.0 Å². The standard InChI is InChI=1S/C20H21N3O4/c1-12-13(2)22-23(20(26)18(12)19(21)25)10-15(24)11-27-17-9-5-7-14-6-3-4-8-16(14)17/h3-9,15,24H,10-11H2,1-2H3,(H2,21,25)/t15-/m1/s1. The van der Waals surface area contributed by atoms with Gasteiger partial charge in [-0.15, -0.1) is 0 Å². The van der Waals surface area contributed by atoms with Crippen LogP contribution in [0.4, 0.5) is 0 Å². The topological polar surface area (TPSA) is 107 Å². The Morgan fingerprint density at radius 3 is 2.67 bits per heavy atom. The molecule has 1 atom stereocenters. The number of rotatable bonds is 6. The van der Waals surface area contributed by atoms with Crippen molar-refractivity contribution in [3.05, 3.63) is 69.6 Å². The number of aliphatic hydroxyl groups excluding tert-OH is 1. The van der Waals surface area contributed by atoms with Gasteiger partial charge in [-0.3, -0.25) is 9.59 Å². The first-order valence-electron chi connectivity index (χ1n) is 8.55. The molecule has 140 valence electrons. The summed E-state index contributed by atoms with van der Waals surface area (Å²) in [5.41, 5.74) is 5.54. The van der Waals surface area contributed by atoms with Crippen molar-refractivity contribution in [2.75, 3.05) is 6.61 Å². The molecule has 3 N–H and O–H groups in total. The number of aliphatic hydroxyl groups is 1. The average Bonchev–Trinajstić information content (AvgIpc) is 2.64. The van der Waals surface area contributed by atoms with Crippen LogP contribution < -0.4 is 16.0 Å². The molecule has 27 heavy (non-hydrogen) atoms. The molecule has 0 aliphatic heterocycles. The van der Waals surface area contributed by atoms with Gasteiger partial charge in [0, 0.05) is 5.39 Å². The Bertz CT molecular complexity index is 1050. The van der Waals surface area contributed by atoms with Crippen molar-refractivity contribution in [1.29, 1.82) is 0 Å². The summed E-state index contributed by atoms with van der Waals surface area (Å²) in [5, 5.41) is 16.4. The fourth-order valence-electron chi connectivity index (χ4n) is 2.95. The summed E-state index contributed by atoms with van der Waals surface area (Å²) < 4.78 is 6.80. The molecule has 0 aliphatic carbocycles. The predicted molar refractivity (Wildman–Crippen MR) is 102 cm³/mol. The number of fused-ring (bicyclic) bond motifs is 1. The van der Waals surface area contributed by atoms with Crippen LogP contribution in [0.1, 0.15) is 21.6 Å². The Hall–Kier alpha value is -3.19. The molecular weight excluding hydrogens is 346 g/mol. The lowest BCUT2D eigenvalue weighted by atomic mass is 10.1. The Kier molecular flexibility index (Phi) is 5.23. The third-order valence-electron chi connectivity index (χ3n) is 4.45. The number of aryl methyl sites for hydroxylation is 1. The van der Waals surface area contributed by atoms with Crippen LogP contribution in [0.3, 0.4) is 0 Å². The lowest BCUT2D eigenvalue weighted by Crippen LogP contribution is -2.37. The monoisotopic (exact) mass is 367 g/mol. The number of nitrogens with two attached hydrogens (primary N) is 1. The van der Waals surface area contributed by atoms with E-state index in [1.807, 2.05) is 42.5 Å². The summed E-state index contributed by atoms with van der Waals surface area (Å²) in [6, 6.07) is 13.4. The zero-order valence-electron chi connectivity index (χ0n) is 15.2. The third kappa shape index (κ3) is 3.83. The van der Waals surface area contributed by atoms with Crippen LogP contribution in [0.2, 0.25) is 0 Å². The number of carbonyl (C=O) groups excluding carboxylic acids is 1. The van der Waals surface area contributed by atoms with Crippen LogP contribution in [-0.4, -0.2) is 33.5 Å². The maximum absolute atomic E-state index is 12.4. The molecule has 1 amide bonds. The minimum absolute atomic E-state index is 0.0268. The number of hydrogen-bond acceptors (Lipinski definition) is 5. The van der Waals surface area contributed by atoms with Crippen molar-refractivity contribution in [2.24, 2.45) is 5.73 Å². The highest BCUT2D eigenvalue weighted by Gasteiger charge is 2.18. The lowest BCUT2D eigenvalue weighted by molar-refractivity contribution is 0.0878. The summed E-state index contributed by atoms with van der Waals surface area (Å²) in [4.78, 5) is 24.0. The molecule has 1 heterocycles. The minimum Gasteiger partial charge on any atom is -0.490 e. The van der Waals surface area contributed by atoms with Gasteiger partial charge >= 0.3 is 0 Å². The van der Waals surface area contributed by atoms with Crippen molar-refractivity contribution >= 4 is 16.7 Å². The van der Waals surface area contributed by atoms with Crippen LogP contribution in [0.5, 0.6) is 5.75 Å². The van der Waals surface area contributed by atoms with Gasteiger partial charge in [-0.25, -0.2) is 4.68 Å². The summed E-state index contributed by atoms with van der Waals surface area (Å²) in [7, 11) is 0. The summed E-state index contributed by atoms with van der Waals surface area (Å²) >= 11 is 0. The molecule has 3 aromatic rings. The van der Waals surface area contributed by atoms with Crippen LogP contribution in [-0.2, 0) is 6.54 Å². The molecule has 7 nitrogen and oxygen atoms in total. The Labute approximate surface area is 156 Å². The molecule has 0 bridgehead atoms. The Balaban J connectivity index is 1.78. The van der Waals surface area contributed by atoms with Crippen LogP contribution in [0, 0.1) is 13.8 Å². The fraction of sp³-hybridized carbons (Fsp3) is 0.250. The van der Waals surface area contributed by atoms with Crippen molar-refractivity contribution < 1.29 is 14.6 Å². The van der Waals surface area contributed by atoms with E-state index in [1.165, 1.54) is 0 Å². The van der Waals surface area contributed by atoms with E-state index < -0.39 is 17.6 Å². The van der Waals surface area contributed by atoms with Crippen LogP contribution in [0.15, 0.2) is 47.3 Å². The van der Waals surface area contributed by atoms with Crippen molar-refractivity contribution in [3.63, 3.8) is 0 Å². The number of benzene rings is 2. The second-order valence-electron chi connectivity index (χ2n) is 6.38. The van der Waals surface area contributed by atoms with E-state index in [4.69, 9.17) is 10.5 Å². The summed E-state index contributed by atoms with van der Waals surface area (Å²) in [6.07, 6.45) is -0.989. The molecule has 0 fully saturated rings. The van der Waals surface area contributed by atoms with Gasteiger partial charge in [-0.05, 0) is 30.9 Å². The van der Waals surface area contributed by atoms with E-state index >= 15 is 0 Å². The second kappa shape index (κ2) is 7.59. The van der Waals surface area contributed by atoms with Crippen molar-refractivity contribution in [2.45, 2.75) is 26.5 Å². The zero-order chi connectivity index (χ0) is 19.6. The summed E-state index contributed by atoms with van der Waals surface area (Å²) in [6.45, 7) is 3.16. The van der Waals surface area contributed by atoms with Gasteiger partial charge in [0.2, 0.25) is 0 Å². The molecule has 0 saturated carbocycles. The van der Waals surface area contributed by atoms with Gasteiger partial charge in [0.15, 0.2) is 0 Å². The highest BCUT2D eigenvalue weighted by Crippen LogP contribution is 2.25. The highest BCUT2D eigenvalue weighted by molar-refractivity contribution is 5.94. The van der Waals surface area contributed by atoms with Gasteiger partial charge in [0.25, 0.3) is 11.5 Å². The molecule has 7 heteroatoms. The molecule has 3 rings (SSSR count). The van der Waals surface area contributed by atoms with E-state index in [9.17, 15) is 14.7 Å². The summed E-state index contributed by atoms with van der Waals surface area (Å²) in [5.74, 6) is -0.163. The van der Waals surface area contributed by atoms with E-state index in [-0.39, 0.29) is 18.7 Å². The molecule has 0 aliphatic rings. The predicted octanol–water partition coefficient (Wildman–Crippen LogP) is 1.55. The van der Waals surface area contributed by atoms with E-state index in [0.717, 1.165) is 15.5 Å². The molecule has 0 saturated heterocycles. The van der Waals surface area contributed by atoms with Crippen LogP contribution >= 0.6 is 0 Å². The lowest BCUT2D eigenvalue weighted by Gasteiger charge is -2.16. The maximum Gasteiger partial charge on any atom is 0.279 e. The van der Waals surface area contributed by atoms with Gasteiger partial charge < -0.3 is 15.6 Å². The first kappa shape index (κ1) is 18.6. The van der Waals surface area contributed by atoms with Crippen LogP contribution in [0.25, 0.3) is 10.8 Å². The molecule has 0 spiro atoms. The fourth-order valence-corrected chi connectivity index (χ4v) is 2.95. The zero-order valence-corrected chi connectivity index (χ0v) is 15.2. The number of nitrogens with zero attached hydrogens (tertiary/aromatic N) is 2. The SMILES string of the molecule is Cc1nn(C[C@@H](O)COc2cccc3ccccc23)c(=O)c(C(N)=O)c1C. The average molecular weight is 367 g/mol. The van der Waals surface area contributed by atoms with Gasteiger partial charge in [-0.1, -0.05) is 36.4 Å². The molecule has 1 aromatic heterocycles. The number of aromatic nitrogens is 2. The number of primary amides is 1. The smallest absolute Gasteiger partial charge is 0.279 e. The van der Waals surface area contributed by atoms with Crippen molar-refractivity contribution in [3.8, 4) is 5.75 Å². The normalized spacial score (nSPS) is 12.1. The quantitative estimate of drug-likeness (QED) is 0.687. The molecule has 0 unspecified atom stereocenters. The number of ether oxygens (including phenoxy) is 1. The largest absolute Gasteiger partial charge is 0.490 e. The molecule has 0 radical (unpaired) electrons. The first-order valence-corrected chi connectivity index (χ1v) is 8.55. The number of hydrogen-bond donors (Lipinski definition) is 2. The number of carbonyl (C=O) groups is 1. The van der Waals surface area contributed by atoms with E-state index in [0.29, 0.717) is 17.0 Å². The molecule has 2 aromatic carbocycles. The van der Waals surface area contributed by atoms with Gasteiger partial charge in [-0.2, -0.15) is 5.10 Å². The third-order valence-corrected chi connectivity index (χ3v) is 4.45. The molecular formula is C20H21N3O4. The van der Waals surface area contributed by atoms with E-state index in [1.54, 1.807) is 13.8 Å². The number of amides is 1. The minimum atomic E-state index is -0.989. The van der Waals surface area contributed by atoms with E-state index in [2.05, 4.69) is 5.10 Å². The Morgan fingerprint density at radius 1 is 1.22 bits per heavy atom.